The maximum Gasteiger partial charge on any atom is 0.122 e. The van der Waals surface area contributed by atoms with Gasteiger partial charge in [0, 0.05) is 25.4 Å². The molecule has 118 valence electrons. The summed E-state index contributed by atoms with van der Waals surface area (Å²) in [6.45, 7) is 10.5. The highest BCUT2D eigenvalue weighted by molar-refractivity contribution is 5.22. The van der Waals surface area contributed by atoms with Gasteiger partial charge in [0.25, 0.3) is 0 Å². The van der Waals surface area contributed by atoms with Gasteiger partial charge in [0.1, 0.15) is 12.4 Å². The molecule has 0 radical (unpaired) electrons. The molecule has 0 aliphatic carbocycles. The van der Waals surface area contributed by atoms with Gasteiger partial charge in [-0.05, 0) is 44.5 Å². The van der Waals surface area contributed by atoms with Gasteiger partial charge in [0.15, 0.2) is 0 Å². The van der Waals surface area contributed by atoms with Crippen LogP contribution in [0.5, 0.6) is 5.75 Å². The van der Waals surface area contributed by atoms with E-state index in [1.165, 1.54) is 32.4 Å². The Balaban J connectivity index is 1.70. The van der Waals surface area contributed by atoms with Gasteiger partial charge in [-0.2, -0.15) is 0 Å². The van der Waals surface area contributed by atoms with Gasteiger partial charge in [-0.3, -0.25) is 9.88 Å². The third kappa shape index (κ3) is 6.44. The van der Waals surface area contributed by atoms with E-state index in [-0.39, 0.29) is 0 Å². The zero-order chi connectivity index (χ0) is 14.9. The number of nitrogens with zero attached hydrogens (tertiary/aromatic N) is 2. The van der Waals surface area contributed by atoms with E-state index < -0.39 is 0 Å². The van der Waals surface area contributed by atoms with E-state index in [1.807, 2.05) is 18.3 Å². The molecule has 2 heterocycles. The summed E-state index contributed by atoms with van der Waals surface area (Å²) in [5.41, 5.74) is 1.05. The van der Waals surface area contributed by atoms with E-state index in [1.54, 1.807) is 0 Å². The topological polar surface area (TPSA) is 37.4 Å². The van der Waals surface area contributed by atoms with Crippen molar-refractivity contribution in [2.24, 2.45) is 5.92 Å². The highest BCUT2D eigenvalue weighted by atomic mass is 16.5. The van der Waals surface area contributed by atoms with E-state index in [0.717, 1.165) is 37.7 Å². The highest BCUT2D eigenvalue weighted by Gasteiger charge is 2.09. The van der Waals surface area contributed by atoms with Crippen LogP contribution in [0.2, 0.25) is 0 Å². The van der Waals surface area contributed by atoms with Crippen molar-refractivity contribution in [2.75, 3.05) is 32.8 Å². The molecule has 1 aromatic rings. The standard InChI is InChI=1S/C17H29N3O/c1-15(2)13-18-14-16-12-17(6-7-19-16)21-11-10-20-8-4-3-5-9-20/h6-7,12,15,18H,3-5,8-11,13-14H2,1-2H3. The molecule has 0 amide bonds. The zero-order valence-electron chi connectivity index (χ0n) is 13.5. The SMILES string of the molecule is CC(C)CNCc1cc(OCCN2CCCCC2)ccn1. The summed E-state index contributed by atoms with van der Waals surface area (Å²) >= 11 is 0. The minimum absolute atomic E-state index is 0.661. The average Bonchev–Trinajstić information content (AvgIpc) is 2.48. The minimum Gasteiger partial charge on any atom is -0.492 e. The number of nitrogens with one attached hydrogen (secondary N) is 1. The van der Waals surface area contributed by atoms with Crippen molar-refractivity contribution in [1.29, 1.82) is 0 Å². The fraction of sp³-hybridized carbons (Fsp3) is 0.706. The number of piperidine rings is 1. The lowest BCUT2D eigenvalue weighted by molar-refractivity contribution is 0.183. The number of hydrogen-bond donors (Lipinski definition) is 1. The largest absolute Gasteiger partial charge is 0.492 e. The Morgan fingerprint density at radius 1 is 1.29 bits per heavy atom. The molecular weight excluding hydrogens is 262 g/mol. The lowest BCUT2D eigenvalue weighted by Crippen LogP contribution is -2.33. The summed E-state index contributed by atoms with van der Waals surface area (Å²) in [5.74, 6) is 1.59. The molecule has 1 saturated heterocycles. The van der Waals surface area contributed by atoms with Crippen molar-refractivity contribution in [3.63, 3.8) is 0 Å². The summed E-state index contributed by atoms with van der Waals surface area (Å²) in [5, 5.41) is 3.41. The first-order chi connectivity index (χ1) is 10.2. The van der Waals surface area contributed by atoms with E-state index in [2.05, 4.69) is 29.0 Å². The lowest BCUT2D eigenvalue weighted by Gasteiger charge is -2.26. The van der Waals surface area contributed by atoms with Crippen LogP contribution in [0.15, 0.2) is 18.3 Å². The van der Waals surface area contributed by atoms with Crippen molar-refractivity contribution in [1.82, 2.24) is 15.2 Å². The molecule has 1 fully saturated rings. The molecule has 0 spiro atoms. The second kappa shape index (κ2) is 9.00. The molecular formula is C17H29N3O. The molecule has 0 bridgehead atoms. The Labute approximate surface area is 128 Å². The molecule has 0 unspecified atom stereocenters. The molecule has 0 aromatic carbocycles. The van der Waals surface area contributed by atoms with Crippen LogP contribution >= 0.6 is 0 Å². The molecule has 1 aliphatic rings. The molecule has 21 heavy (non-hydrogen) atoms. The molecule has 1 aliphatic heterocycles. The number of likely N-dealkylation sites (tertiary alicyclic amines) is 1. The number of pyridine rings is 1. The van der Waals surface area contributed by atoms with Crippen molar-refractivity contribution >= 4 is 0 Å². The summed E-state index contributed by atoms with van der Waals surface area (Å²) < 4.78 is 5.87. The van der Waals surface area contributed by atoms with Crippen LogP contribution in [0, 0.1) is 5.92 Å². The van der Waals surface area contributed by atoms with Gasteiger partial charge in [-0.15, -0.1) is 0 Å². The summed E-state index contributed by atoms with van der Waals surface area (Å²) in [7, 11) is 0. The molecule has 4 nitrogen and oxygen atoms in total. The predicted molar refractivity (Wildman–Crippen MR) is 86.6 cm³/mol. The smallest absolute Gasteiger partial charge is 0.122 e. The quantitative estimate of drug-likeness (QED) is 0.799. The molecule has 4 heteroatoms. The van der Waals surface area contributed by atoms with E-state index in [0.29, 0.717) is 5.92 Å². The first-order valence-corrected chi connectivity index (χ1v) is 8.25. The Hall–Kier alpha value is -1.13. The fourth-order valence-electron chi connectivity index (χ4n) is 2.61. The van der Waals surface area contributed by atoms with Crippen LogP contribution in [-0.4, -0.2) is 42.7 Å². The average molecular weight is 291 g/mol. The Morgan fingerprint density at radius 2 is 2.10 bits per heavy atom. The van der Waals surface area contributed by atoms with E-state index in [9.17, 15) is 0 Å². The summed E-state index contributed by atoms with van der Waals surface area (Å²) in [6, 6.07) is 3.99. The Bertz CT molecular complexity index is 403. The van der Waals surface area contributed by atoms with Crippen LogP contribution in [0.1, 0.15) is 38.8 Å². The van der Waals surface area contributed by atoms with Gasteiger partial charge in [-0.1, -0.05) is 20.3 Å². The van der Waals surface area contributed by atoms with Crippen LogP contribution < -0.4 is 10.1 Å². The number of hydrogen-bond acceptors (Lipinski definition) is 4. The van der Waals surface area contributed by atoms with Crippen molar-refractivity contribution in [2.45, 2.75) is 39.7 Å². The minimum atomic E-state index is 0.661. The lowest BCUT2D eigenvalue weighted by atomic mass is 10.1. The summed E-state index contributed by atoms with van der Waals surface area (Å²) in [4.78, 5) is 6.88. The van der Waals surface area contributed by atoms with Gasteiger partial charge in [0.2, 0.25) is 0 Å². The van der Waals surface area contributed by atoms with E-state index >= 15 is 0 Å². The van der Waals surface area contributed by atoms with Gasteiger partial charge < -0.3 is 10.1 Å². The van der Waals surface area contributed by atoms with Crippen LogP contribution in [0.3, 0.4) is 0 Å². The second-order valence-electron chi connectivity index (χ2n) is 6.26. The first-order valence-electron chi connectivity index (χ1n) is 8.25. The van der Waals surface area contributed by atoms with Gasteiger partial charge in [-0.25, -0.2) is 0 Å². The maximum absolute atomic E-state index is 5.87. The van der Waals surface area contributed by atoms with Gasteiger partial charge in [0.05, 0.1) is 5.69 Å². The molecule has 0 saturated carbocycles. The molecule has 2 rings (SSSR count). The van der Waals surface area contributed by atoms with Crippen LogP contribution in [0.25, 0.3) is 0 Å². The number of ether oxygens (including phenoxy) is 1. The maximum atomic E-state index is 5.87. The van der Waals surface area contributed by atoms with Crippen LogP contribution in [-0.2, 0) is 6.54 Å². The Kier molecular flexibility index (Phi) is 6.96. The normalized spacial score (nSPS) is 16.3. The third-order valence-corrected chi connectivity index (χ3v) is 3.77. The van der Waals surface area contributed by atoms with E-state index in [4.69, 9.17) is 4.74 Å². The van der Waals surface area contributed by atoms with Crippen LogP contribution in [0.4, 0.5) is 0 Å². The molecule has 1 N–H and O–H groups in total. The molecule has 0 atom stereocenters. The number of aromatic nitrogens is 1. The predicted octanol–water partition coefficient (Wildman–Crippen LogP) is 2.69. The first kappa shape index (κ1) is 16.2. The monoisotopic (exact) mass is 291 g/mol. The fourth-order valence-corrected chi connectivity index (χ4v) is 2.61. The van der Waals surface area contributed by atoms with Crippen molar-refractivity contribution in [3.8, 4) is 5.75 Å². The third-order valence-electron chi connectivity index (χ3n) is 3.77. The highest BCUT2D eigenvalue weighted by Crippen LogP contribution is 2.12. The van der Waals surface area contributed by atoms with Crippen molar-refractivity contribution < 1.29 is 4.74 Å². The summed E-state index contributed by atoms with van der Waals surface area (Å²) in [6.07, 6.45) is 5.89. The molecule has 1 aromatic heterocycles. The van der Waals surface area contributed by atoms with Crippen molar-refractivity contribution in [3.05, 3.63) is 24.0 Å². The van der Waals surface area contributed by atoms with Gasteiger partial charge >= 0.3 is 0 Å². The Morgan fingerprint density at radius 3 is 2.86 bits per heavy atom. The number of rotatable bonds is 8. The second-order valence-corrected chi connectivity index (χ2v) is 6.26. The zero-order valence-corrected chi connectivity index (χ0v) is 13.5.